The first-order valence-corrected chi connectivity index (χ1v) is 11.1. The molecule has 0 saturated heterocycles. The number of aromatic amines is 1. The van der Waals surface area contributed by atoms with Gasteiger partial charge in [-0.3, -0.25) is 9.59 Å². The van der Waals surface area contributed by atoms with E-state index in [1.54, 1.807) is 4.90 Å². The fourth-order valence-electron chi connectivity index (χ4n) is 4.48. The number of fused-ring (bicyclic) bond motifs is 2. The Bertz CT molecular complexity index is 1310. The number of amides is 2. The molecule has 1 aliphatic rings. The number of nitrogens with zero attached hydrogens (tertiary/aromatic N) is 1. The van der Waals surface area contributed by atoms with Crippen molar-refractivity contribution in [3.63, 3.8) is 0 Å². The molecule has 3 aromatic carbocycles. The summed E-state index contributed by atoms with van der Waals surface area (Å²) < 4.78 is 5.78. The molecule has 0 saturated carbocycles. The van der Waals surface area contributed by atoms with Crippen molar-refractivity contribution in [3.8, 4) is 17.0 Å². The van der Waals surface area contributed by atoms with E-state index in [9.17, 15) is 9.59 Å². The lowest BCUT2D eigenvalue weighted by atomic mass is 9.97. The topological polar surface area (TPSA) is 88.4 Å². The van der Waals surface area contributed by atoms with E-state index in [0.29, 0.717) is 18.6 Å². The molecule has 1 aromatic heterocycles. The van der Waals surface area contributed by atoms with E-state index in [4.69, 9.17) is 10.5 Å². The summed E-state index contributed by atoms with van der Waals surface area (Å²) in [6, 6.07) is 25.4. The molecule has 6 nitrogen and oxygen atoms in total. The van der Waals surface area contributed by atoms with Crippen LogP contribution in [0.15, 0.2) is 78.9 Å². The molecule has 4 aromatic rings. The summed E-state index contributed by atoms with van der Waals surface area (Å²) in [5.74, 6) is 0.217. The quantitative estimate of drug-likeness (QED) is 0.457. The van der Waals surface area contributed by atoms with Gasteiger partial charge in [0, 0.05) is 47.1 Å². The monoisotopic (exact) mass is 439 g/mol. The number of rotatable bonds is 6. The number of nitrogens with two attached hydrogens (primary N) is 1. The Labute approximate surface area is 192 Å². The summed E-state index contributed by atoms with van der Waals surface area (Å²) in [6.45, 7) is 0.767. The molecule has 2 heterocycles. The predicted molar refractivity (Wildman–Crippen MR) is 128 cm³/mol. The van der Waals surface area contributed by atoms with Crippen LogP contribution in [0.1, 0.15) is 34.8 Å². The van der Waals surface area contributed by atoms with Crippen LogP contribution in [0.5, 0.6) is 5.75 Å². The van der Waals surface area contributed by atoms with Gasteiger partial charge in [-0.1, -0.05) is 54.6 Å². The Kier molecular flexibility index (Phi) is 5.57. The van der Waals surface area contributed by atoms with E-state index in [0.717, 1.165) is 33.5 Å². The number of benzene rings is 3. The minimum atomic E-state index is -0.430. The van der Waals surface area contributed by atoms with Crippen molar-refractivity contribution in [2.75, 3.05) is 13.2 Å². The number of carbonyl (C=O) groups excluding carboxylic acids is 2. The number of primary amides is 1. The van der Waals surface area contributed by atoms with Gasteiger partial charge in [0.1, 0.15) is 5.75 Å². The molecular formula is C27H25N3O3. The average Bonchev–Trinajstić information content (AvgIpc) is 3.28. The molecule has 5 rings (SSSR count). The standard InChI is InChI=1S/C27H25N3O3/c28-26(31)12-14-30(24-13-15-33-25-9-5-4-8-21(24)25)27(32)20-11-10-19-16-22(29-23(19)17-20)18-6-2-1-3-7-18/h1-11,16-17,24,29H,12-15H2,(H2,28,31). The molecule has 1 atom stereocenters. The number of hydrogen-bond acceptors (Lipinski definition) is 3. The van der Waals surface area contributed by atoms with Gasteiger partial charge in [-0.25, -0.2) is 0 Å². The van der Waals surface area contributed by atoms with Gasteiger partial charge in [-0.15, -0.1) is 0 Å². The highest BCUT2D eigenvalue weighted by atomic mass is 16.5. The Morgan fingerprint density at radius 1 is 1.00 bits per heavy atom. The SMILES string of the molecule is NC(=O)CCN(C(=O)c1ccc2cc(-c3ccccc3)[nH]c2c1)C1CCOc2ccccc21. The number of para-hydroxylation sites is 1. The third kappa shape index (κ3) is 4.20. The Balaban J connectivity index is 1.49. The van der Waals surface area contributed by atoms with E-state index >= 15 is 0 Å². The van der Waals surface area contributed by atoms with Gasteiger partial charge in [0.2, 0.25) is 5.91 Å². The Morgan fingerprint density at radius 2 is 1.79 bits per heavy atom. The third-order valence-corrected chi connectivity index (χ3v) is 6.12. The second kappa shape index (κ2) is 8.82. The number of nitrogens with one attached hydrogen (secondary N) is 1. The van der Waals surface area contributed by atoms with Gasteiger partial charge in [0.15, 0.2) is 0 Å². The van der Waals surface area contributed by atoms with E-state index in [2.05, 4.69) is 11.1 Å². The minimum Gasteiger partial charge on any atom is -0.493 e. The Morgan fingerprint density at radius 3 is 2.61 bits per heavy atom. The van der Waals surface area contributed by atoms with Crippen molar-refractivity contribution in [3.05, 3.63) is 90.0 Å². The van der Waals surface area contributed by atoms with Gasteiger partial charge in [0.25, 0.3) is 5.91 Å². The first kappa shape index (κ1) is 20.8. The Hall–Kier alpha value is -4.06. The molecule has 1 unspecified atom stereocenters. The second-order valence-electron chi connectivity index (χ2n) is 8.26. The van der Waals surface area contributed by atoms with Gasteiger partial charge < -0.3 is 20.4 Å². The molecule has 6 heteroatoms. The number of carbonyl (C=O) groups is 2. The highest BCUT2D eigenvalue weighted by Gasteiger charge is 2.31. The van der Waals surface area contributed by atoms with Crippen molar-refractivity contribution < 1.29 is 14.3 Å². The van der Waals surface area contributed by atoms with Gasteiger partial charge in [-0.05, 0) is 29.8 Å². The minimum absolute atomic E-state index is 0.105. The average molecular weight is 440 g/mol. The maximum absolute atomic E-state index is 13.7. The van der Waals surface area contributed by atoms with E-state index in [1.165, 1.54) is 0 Å². The fourth-order valence-corrected chi connectivity index (χ4v) is 4.48. The smallest absolute Gasteiger partial charge is 0.254 e. The molecule has 1 aliphatic heterocycles. The largest absolute Gasteiger partial charge is 0.493 e. The van der Waals surface area contributed by atoms with Crippen LogP contribution < -0.4 is 10.5 Å². The molecule has 0 radical (unpaired) electrons. The van der Waals surface area contributed by atoms with Crippen molar-refractivity contribution in [1.82, 2.24) is 9.88 Å². The summed E-state index contributed by atoms with van der Waals surface area (Å²) in [7, 11) is 0. The molecular weight excluding hydrogens is 414 g/mol. The summed E-state index contributed by atoms with van der Waals surface area (Å²) in [4.78, 5) is 30.4. The number of H-pyrrole nitrogens is 1. The zero-order valence-electron chi connectivity index (χ0n) is 18.2. The maximum Gasteiger partial charge on any atom is 0.254 e. The second-order valence-corrected chi connectivity index (χ2v) is 8.26. The summed E-state index contributed by atoms with van der Waals surface area (Å²) in [5, 5.41) is 1.03. The van der Waals surface area contributed by atoms with Crippen LogP contribution in [-0.2, 0) is 4.79 Å². The van der Waals surface area contributed by atoms with E-state index in [1.807, 2.05) is 72.8 Å². The van der Waals surface area contributed by atoms with E-state index < -0.39 is 5.91 Å². The van der Waals surface area contributed by atoms with Crippen LogP contribution in [0.25, 0.3) is 22.2 Å². The molecule has 2 amide bonds. The predicted octanol–water partition coefficient (Wildman–Crippen LogP) is 4.68. The third-order valence-electron chi connectivity index (χ3n) is 6.12. The maximum atomic E-state index is 13.7. The molecule has 3 N–H and O–H groups in total. The van der Waals surface area contributed by atoms with Crippen LogP contribution >= 0.6 is 0 Å². The van der Waals surface area contributed by atoms with Crippen LogP contribution in [0.3, 0.4) is 0 Å². The van der Waals surface area contributed by atoms with Crippen LogP contribution in [0.2, 0.25) is 0 Å². The lowest BCUT2D eigenvalue weighted by Gasteiger charge is -2.35. The van der Waals surface area contributed by atoms with Crippen LogP contribution in [-0.4, -0.2) is 34.8 Å². The van der Waals surface area contributed by atoms with Crippen molar-refractivity contribution in [2.24, 2.45) is 5.73 Å². The van der Waals surface area contributed by atoms with Crippen molar-refractivity contribution >= 4 is 22.7 Å². The first-order valence-electron chi connectivity index (χ1n) is 11.1. The summed E-state index contributed by atoms with van der Waals surface area (Å²) >= 11 is 0. The van der Waals surface area contributed by atoms with Crippen molar-refractivity contribution in [1.29, 1.82) is 0 Å². The van der Waals surface area contributed by atoms with Crippen LogP contribution in [0, 0.1) is 0 Å². The lowest BCUT2D eigenvalue weighted by molar-refractivity contribution is -0.118. The highest BCUT2D eigenvalue weighted by Crippen LogP contribution is 2.37. The molecule has 0 spiro atoms. The normalized spacial score (nSPS) is 15.0. The molecule has 0 aliphatic carbocycles. The summed E-state index contributed by atoms with van der Waals surface area (Å²) in [6.07, 6.45) is 0.762. The van der Waals surface area contributed by atoms with Gasteiger partial charge in [0.05, 0.1) is 12.6 Å². The number of hydrogen-bond donors (Lipinski definition) is 2. The number of ether oxygens (including phenoxy) is 1. The molecule has 0 fully saturated rings. The molecule has 0 bridgehead atoms. The zero-order valence-corrected chi connectivity index (χ0v) is 18.2. The zero-order chi connectivity index (χ0) is 22.8. The number of aromatic nitrogens is 1. The first-order chi connectivity index (χ1) is 16.1. The van der Waals surface area contributed by atoms with Gasteiger partial charge >= 0.3 is 0 Å². The van der Waals surface area contributed by atoms with E-state index in [-0.39, 0.29) is 24.9 Å². The highest BCUT2D eigenvalue weighted by molar-refractivity contribution is 5.99. The lowest BCUT2D eigenvalue weighted by Crippen LogP contribution is -2.39. The molecule has 33 heavy (non-hydrogen) atoms. The van der Waals surface area contributed by atoms with Crippen molar-refractivity contribution in [2.45, 2.75) is 18.9 Å². The fraction of sp³-hybridized carbons (Fsp3) is 0.185. The summed E-state index contributed by atoms with van der Waals surface area (Å²) in [5.41, 5.74) is 9.93. The molecule has 166 valence electrons. The van der Waals surface area contributed by atoms with Crippen LogP contribution in [0.4, 0.5) is 0 Å². The van der Waals surface area contributed by atoms with Gasteiger partial charge in [-0.2, -0.15) is 0 Å².